The van der Waals surface area contributed by atoms with E-state index in [0.717, 1.165) is 0 Å². The molecule has 0 aliphatic heterocycles. The smallest absolute Gasteiger partial charge is 0.237 e. The van der Waals surface area contributed by atoms with Crippen LogP contribution >= 0.6 is 0 Å². The molecule has 1 aromatic rings. The molecule has 2 unspecified atom stereocenters. The third-order valence-corrected chi connectivity index (χ3v) is 2.32. The quantitative estimate of drug-likeness (QED) is 0.712. The van der Waals surface area contributed by atoms with Gasteiger partial charge in [-0.15, -0.1) is 0 Å². The third kappa shape index (κ3) is 2.32. The van der Waals surface area contributed by atoms with E-state index >= 15 is 0 Å². The molecular formula is C9H16N4O. The molecule has 5 heteroatoms. The molecule has 2 atom stereocenters. The topological polar surface area (TPSA) is 86.9 Å². The molecule has 14 heavy (non-hydrogen) atoms. The fourth-order valence-electron chi connectivity index (χ4n) is 1.35. The van der Waals surface area contributed by atoms with Crippen LogP contribution in [0.2, 0.25) is 0 Å². The minimum atomic E-state index is -0.969. The lowest BCUT2D eigenvalue weighted by atomic mass is 9.94. The van der Waals surface area contributed by atoms with Crippen LogP contribution in [0.1, 0.15) is 26.3 Å². The van der Waals surface area contributed by atoms with Crippen molar-refractivity contribution in [2.45, 2.75) is 31.8 Å². The van der Waals surface area contributed by atoms with E-state index in [2.05, 4.69) is 4.98 Å². The number of rotatable bonds is 4. The van der Waals surface area contributed by atoms with Gasteiger partial charge in [0.25, 0.3) is 0 Å². The number of amides is 1. The lowest BCUT2D eigenvalue weighted by molar-refractivity contribution is -0.123. The first-order chi connectivity index (χ1) is 6.43. The van der Waals surface area contributed by atoms with Crippen LogP contribution in [-0.2, 0) is 4.79 Å². The van der Waals surface area contributed by atoms with Gasteiger partial charge < -0.3 is 16.0 Å². The van der Waals surface area contributed by atoms with Gasteiger partial charge in [-0.3, -0.25) is 4.79 Å². The maximum atomic E-state index is 11.0. The van der Waals surface area contributed by atoms with Gasteiger partial charge in [0.2, 0.25) is 5.91 Å². The van der Waals surface area contributed by atoms with Gasteiger partial charge in [0.15, 0.2) is 0 Å². The lowest BCUT2D eigenvalue weighted by Gasteiger charge is -2.25. The lowest BCUT2D eigenvalue weighted by Crippen LogP contribution is -2.50. The molecule has 0 aliphatic carbocycles. The van der Waals surface area contributed by atoms with Gasteiger partial charge in [0.05, 0.1) is 11.9 Å². The van der Waals surface area contributed by atoms with Crippen LogP contribution in [0.4, 0.5) is 0 Å². The number of nitrogens with two attached hydrogens (primary N) is 2. The van der Waals surface area contributed by atoms with Crippen molar-refractivity contribution in [1.82, 2.24) is 9.55 Å². The zero-order valence-electron chi connectivity index (χ0n) is 8.47. The number of primary amides is 1. The molecular weight excluding hydrogens is 180 g/mol. The number of carbonyl (C=O) groups is 1. The monoisotopic (exact) mass is 196 g/mol. The molecule has 0 spiro atoms. The number of aromatic nitrogens is 2. The highest BCUT2D eigenvalue weighted by Gasteiger charge is 2.28. The summed E-state index contributed by atoms with van der Waals surface area (Å²) < 4.78 is 1.90. The van der Waals surface area contributed by atoms with Crippen molar-refractivity contribution < 1.29 is 4.79 Å². The molecule has 0 aromatic carbocycles. The molecule has 1 rings (SSSR count). The summed E-state index contributed by atoms with van der Waals surface area (Å²) in [5.74, 6) is -0.482. The van der Waals surface area contributed by atoms with Crippen molar-refractivity contribution in [3.05, 3.63) is 18.7 Å². The van der Waals surface area contributed by atoms with Gasteiger partial charge >= 0.3 is 0 Å². The average Bonchev–Trinajstić information content (AvgIpc) is 2.54. The van der Waals surface area contributed by atoms with E-state index in [4.69, 9.17) is 11.5 Å². The Bertz CT molecular complexity index is 305. The SMILES string of the molecule is CC(CC(C)(N)C(N)=O)n1ccnc1. The first-order valence-corrected chi connectivity index (χ1v) is 4.49. The molecule has 0 aliphatic rings. The van der Waals surface area contributed by atoms with Gasteiger partial charge in [-0.05, 0) is 20.3 Å². The second-order valence-electron chi connectivity index (χ2n) is 3.84. The molecule has 1 heterocycles. The van der Waals surface area contributed by atoms with E-state index in [9.17, 15) is 4.79 Å². The van der Waals surface area contributed by atoms with Crippen molar-refractivity contribution in [3.8, 4) is 0 Å². The molecule has 78 valence electrons. The van der Waals surface area contributed by atoms with Crippen molar-refractivity contribution in [1.29, 1.82) is 0 Å². The van der Waals surface area contributed by atoms with Gasteiger partial charge in [-0.25, -0.2) is 4.98 Å². The fourth-order valence-corrected chi connectivity index (χ4v) is 1.35. The molecule has 0 radical (unpaired) electrons. The summed E-state index contributed by atoms with van der Waals surface area (Å²) in [4.78, 5) is 14.9. The van der Waals surface area contributed by atoms with E-state index < -0.39 is 11.4 Å². The summed E-state index contributed by atoms with van der Waals surface area (Å²) in [5.41, 5.74) is 9.97. The van der Waals surface area contributed by atoms with Gasteiger partial charge in [-0.1, -0.05) is 0 Å². The fraction of sp³-hybridized carbons (Fsp3) is 0.556. The molecule has 4 N–H and O–H groups in total. The highest BCUT2D eigenvalue weighted by atomic mass is 16.1. The predicted molar refractivity (Wildman–Crippen MR) is 53.3 cm³/mol. The van der Waals surface area contributed by atoms with Crippen LogP contribution in [-0.4, -0.2) is 21.0 Å². The molecule has 1 amide bonds. The van der Waals surface area contributed by atoms with Crippen LogP contribution < -0.4 is 11.5 Å². The van der Waals surface area contributed by atoms with Gasteiger partial charge in [-0.2, -0.15) is 0 Å². The first-order valence-electron chi connectivity index (χ1n) is 4.49. The minimum Gasteiger partial charge on any atom is -0.368 e. The molecule has 0 saturated heterocycles. The summed E-state index contributed by atoms with van der Waals surface area (Å²) in [5, 5.41) is 0. The average molecular weight is 196 g/mol. The van der Waals surface area contributed by atoms with Crippen molar-refractivity contribution in [2.24, 2.45) is 11.5 Å². The van der Waals surface area contributed by atoms with Crippen LogP contribution in [0, 0.1) is 0 Å². The van der Waals surface area contributed by atoms with Crippen LogP contribution in [0.3, 0.4) is 0 Å². The highest BCUT2D eigenvalue weighted by Crippen LogP contribution is 2.17. The molecule has 1 aromatic heterocycles. The zero-order chi connectivity index (χ0) is 10.8. The van der Waals surface area contributed by atoms with Crippen molar-refractivity contribution >= 4 is 5.91 Å². The van der Waals surface area contributed by atoms with Crippen molar-refractivity contribution in [3.63, 3.8) is 0 Å². The zero-order valence-corrected chi connectivity index (χ0v) is 8.47. The molecule has 0 bridgehead atoms. The number of hydrogen-bond acceptors (Lipinski definition) is 3. The summed E-state index contributed by atoms with van der Waals surface area (Å²) >= 11 is 0. The Morgan fingerprint density at radius 3 is 2.79 bits per heavy atom. The summed E-state index contributed by atoms with van der Waals surface area (Å²) in [6.45, 7) is 3.61. The predicted octanol–water partition coefficient (Wildman–Crippen LogP) is 0.0369. The summed E-state index contributed by atoms with van der Waals surface area (Å²) in [6.07, 6.45) is 5.72. The first kappa shape index (κ1) is 10.7. The Kier molecular flexibility index (Phi) is 2.90. The Hall–Kier alpha value is -1.36. The molecule has 5 nitrogen and oxygen atoms in total. The van der Waals surface area contributed by atoms with Crippen molar-refractivity contribution in [2.75, 3.05) is 0 Å². The number of imidazole rings is 1. The summed E-state index contributed by atoms with van der Waals surface area (Å²) in [7, 11) is 0. The van der Waals surface area contributed by atoms with E-state index in [0.29, 0.717) is 6.42 Å². The van der Waals surface area contributed by atoms with Crippen LogP contribution in [0.25, 0.3) is 0 Å². The molecule has 0 saturated carbocycles. The largest absolute Gasteiger partial charge is 0.368 e. The van der Waals surface area contributed by atoms with Gasteiger partial charge in [0.1, 0.15) is 0 Å². The van der Waals surface area contributed by atoms with Gasteiger partial charge in [0, 0.05) is 18.4 Å². The highest BCUT2D eigenvalue weighted by molar-refractivity contribution is 5.83. The standard InChI is InChI=1S/C9H16N4O/c1-7(13-4-3-12-6-13)5-9(2,11)8(10)14/h3-4,6-7H,5,11H2,1-2H3,(H2,10,14). The molecule has 0 fully saturated rings. The second kappa shape index (κ2) is 3.79. The second-order valence-corrected chi connectivity index (χ2v) is 3.84. The number of hydrogen-bond donors (Lipinski definition) is 2. The van der Waals surface area contributed by atoms with Crippen LogP contribution in [0.15, 0.2) is 18.7 Å². The maximum Gasteiger partial charge on any atom is 0.237 e. The van der Waals surface area contributed by atoms with E-state index in [1.54, 1.807) is 19.4 Å². The third-order valence-electron chi connectivity index (χ3n) is 2.32. The van der Waals surface area contributed by atoms with E-state index in [1.165, 1.54) is 0 Å². The Morgan fingerprint density at radius 1 is 1.71 bits per heavy atom. The van der Waals surface area contributed by atoms with E-state index in [1.807, 2.05) is 17.7 Å². The van der Waals surface area contributed by atoms with Crippen LogP contribution in [0.5, 0.6) is 0 Å². The summed E-state index contributed by atoms with van der Waals surface area (Å²) in [6, 6.07) is 0.111. The Labute approximate surface area is 83.1 Å². The maximum absolute atomic E-state index is 11.0. The minimum absolute atomic E-state index is 0.111. The number of nitrogens with zero attached hydrogens (tertiary/aromatic N) is 2. The Morgan fingerprint density at radius 2 is 2.36 bits per heavy atom. The number of carbonyl (C=O) groups excluding carboxylic acids is 1. The Balaban J connectivity index is 2.66. The van der Waals surface area contributed by atoms with E-state index in [-0.39, 0.29) is 6.04 Å². The normalized spacial score (nSPS) is 17.4.